The molecular weight excluding hydrogens is 266 g/mol. The summed E-state index contributed by atoms with van der Waals surface area (Å²) in [6, 6.07) is 5.79. The third kappa shape index (κ3) is 2.65. The first-order valence-electron chi connectivity index (χ1n) is 7.49. The summed E-state index contributed by atoms with van der Waals surface area (Å²) in [5, 5.41) is 6.19. The predicted molar refractivity (Wildman–Crippen MR) is 82.3 cm³/mol. The summed E-state index contributed by atoms with van der Waals surface area (Å²) in [5.41, 5.74) is 2.92. The van der Waals surface area contributed by atoms with Crippen LogP contribution in [0.2, 0.25) is 0 Å². The van der Waals surface area contributed by atoms with Crippen LogP contribution in [0.3, 0.4) is 0 Å². The molecule has 2 aliphatic heterocycles. The Kier molecular flexibility index (Phi) is 3.68. The maximum Gasteiger partial charge on any atom is 0.227 e. The molecule has 112 valence electrons. The van der Waals surface area contributed by atoms with Crippen LogP contribution in [0, 0.1) is 11.8 Å². The Morgan fingerprint density at radius 2 is 2.14 bits per heavy atom. The number of rotatable bonds is 3. The molecule has 1 aromatic carbocycles. The van der Waals surface area contributed by atoms with Gasteiger partial charge in [0.05, 0.1) is 0 Å². The van der Waals surface area contributed by atoms with Crippen molar-refractivity contribution in [3.63, 3.8) is 0 Å². The zero-order valence-electron chi connectivity index (χ0n) is 12.5. The monoisotopic (exact) mass is 287 g/mol. The molecule has 1 unspecified atom stereocenters. The fourth-order valence-corrected chi connectivity index (χ4v) is 2.94. The minimum absolute atomic E-state index is 0.0215. The zero-order valence-corrected chi connectivity index (χ0v) is 12.5. The third-order valence-electron chi connectivity index (χ3n) is 4.56. The van der Waals surface area contributed by atoms with Crippen LogP contribution in [-0.4, -0.2) is 31.4 Å². The Hall–Kier alpha value is -1.88. The van der Waals surface area contributed by atoms with E-state index >= 15 is 0 Å². The lowest BCUT2D eigenvalue weighted by Gasteiger charge is -2.31. The number of carbonyl (C=O) groups excluding carboxylic acids is 2. The average molecular weight is 287 g/mol. The van der Waals surface area contributed by atoms with Crippen LogP contribution in [0.25, 0.3) is 0 Å². The molecule has 0 aliphatic carbocycles. The van der Waals surface area contributed by atoms with Gasteiger partial charge in [0, 0.05) is 30.8 Å². The van der Waals surface area contributed by atoms with Gasteiger partial charge in [0.15, 0.2) is 0 Å². The maximum absolute atomic E-state index is 12.2. The normalized spacial score (nSPS) is 18.9. The predicted octanol–water partition coefficient (Wildman–Crippen LogP) is 1.39. The van der Waals surface area contributed by atoms with E-state index in [2.05, 4.69) is 10.6 Å². The Morgan fingerprint density at radius 3 is 2.76 bits per heavy atom. The Labute approximate surface area is 124 Å². The number of amides is 2. The molecule has 2 heterocycles. The first-order chi connectivity index (χ1) is 10.1. The van der Waals surface area contributed by atoms with Crippen molar-refractivity contribution in [1.29, 1.82) is 0 Å². The van der Waals surface area contributed by atoms with Crippen molar-refractivity contribution < 1.29 is 9.59 Å². The van der Waals surface area contributed by atoms with Crippen LogP contribution in [-0.2, 0) is 16.0 Å². The van der Waals surface area contributed by atoms with E-state index in [-0.39, 0.29) is 17.7 Å². The number of carbonyl (C=O) groups is 2. The molecule has 2 N–H and O–H groups in total. The van der Waals surface area contributed by atoms with Crippen molar-refractivity contribution in [2.45, 2.75) is 20.3 Å². The third-order valence-corrected chi connectivity index (χ3v) is 4.56. The Morgan fingerprint density at radius 1 is 1.38 bits per heavy atom. The van der Waals surface area contributed by atoms with Gasteiger partial charge in [-0.3, -0.25) is 9.59 Å². The molecule has 21 heavy (non-hydrogen) atoms. The number of hydrogen-bond donors (Lipinski definition) is 2. The summed E-state index contributed by atoms with van der Waals surface area (Å²) in [6.07, 6.45) is 0.848. The molecule has 1 atom stereocenters. The van der Waals surface area contributed by atoms with Gasteiger partial charge in [0.1, 0.15) is 0 Å². The number of anilines is 2. The molecule has 3 rings (SSSR count). The number of nitrogens with zero attached hydrogens (tertiary/aromatic N) is 1. The van der Waals surface area contributed by atoms with Crippen molar-refractivity contribution >= 4 is 23.2 Å². The molecule has 5 heteroatoms. The highest BCUT2D eigenvalue weighted by Crippen LogP contribution is 2.30. The molecule has 1 saturated heterocycles. The van der Waals surface area contributed by atoms with E-state index in [1.165, 1.54) is 0 Å². The molecule has 2 amide bonds. The van der Waals surface area contributed by atoms with Crippen LogP contribution in [0.15, 0.2) is 18.2 Å². The van der Waals surface area contributed by atoms with Gasteiger partial charge in [-0.05, 0) is 49.2 Å². The summed E-state index contributed by atoms with van der Waals surface area (Å²) in [7, 11) is 0. The van der Waals surface area contributed by atoms with Gasteiger partial charge < -0.3 is 15.5 Å². The van der Waals surface area contributed by atoms with Crippen molar-refractivity contribution in [3.05, 3.63) is 23.8 Å². The fourth-order valence-electron chi connectivity index (χ4n) is 2.94. The van der Waals surface area contributed by atoms with Gasteiger partial charge in [0.25, 0.3) is 0 Å². The molecule has 2 aliphatic rings. The van der Waals surface area contributed by atoms with Gasteiger partial charge in [0.2, 0.25) is 11.8 Å². The van der Waals surface area contributed by atoms with E-state index < -0.39 is 0 Å². The highest BCUT2D eigenvalue weighted by atomic mass is 16.2. The highest BCUT2D eigenvalue weighted by molar-refractivity contribution is 5.96. The van der Waals surface area contributed by atoms with E-state index in [0.29, 0.717) is 5.92 Å². The molecule has 5 nitrogen and oxygen atoms in total. The van der Waals surface area contributed by atoms with Gasteiger partial charge in [-0.1, -0.05) is 6.92 Å². The second kappa shape index (κ2) is 5.48. The summed E-state index contributed by atoms with van der Waals surface area (Å²) in [4.78, 5) is 25.5. The first kappa shape index (κ1) is 14.1. The molecule has 0 spiro atoms. The smallest absolute Gasteiger partial charge is 0.227 e. The van der Waals surface area contributed by atoms with Crippen LogP contribution in [0.4, 0.5) is 11.4 Å². The van der Waals surface area contributed by atoms with Gasteiger partial charge >= 0.3 is 0 Å². The Bertz CT molecular complexity index is 581. The van der Waals surface area contributed by atoms with Crippen molar-refractivity contribution in [3.8, 4) is 0 Å². The van der Waals surface area contributed by atoms with E-state index in [9.17, 15) is 9.59 Å². The standard InChI is InChI=1S/C16H21N3O2/c1-10(13-8-17-9-13)16(21)18-14-3-4-15-12(7-14)5-6-19(15)11(2)20/h3-4,7,10,13,17H,5-6,8-9H2,1-2H3,(H,18,21). The molecule has 0 aromatic heterocycles. The Balaban J connectivity index is 1.70. The minimum atomic E-state index is 0.0215. The summed E-state index contributed by atoms with van der Waals surface area (Å²) in [5.74, 6) is 0.598. The zero-order chi connectivity index (χ0) is 15.0. The maximum atomic E-state index is 12.2. The van der Waals surface area contributed by atoms with Crippen LogP contribution < -0.4 is 15.5 Å². The molecular formula is C16H21N3O2. The van der Waals surface area contributed by atoms with Crippen molar-refractivity contribution in [2.75, 3.05) is 29.9 Å². The lowest BCUT2D eigenvalue weighted by atomic mass is 9.88. The lowest BCUT2D eigenvalue weighted by Crippen LogP contribution is -2.48. The summed E-state index contributed by atoms with van der Waals surface area (Å²) >= 11 is 0. The molecule has 0 bridgehead atoms. The van der Waals surface area contributed by atoms with Crippen LogP contribution in [0.5, 0.6) is 0 Å². The summed E-state index contributed by atoms with van der Waals surface area (Å²) in [6.45, 7) is 6.13. The minimum Gasteiger partial charge on any atom is -0.326 e. The SMILES string of the molecule is CC(=O)N1CCc2cc(NC(=O)C(C)C3CNC3)ccc21. The fraction of sp³-hybridized carbons (Fsp3) is 0.500. The molecule has 1 aromatic rings. The van der Waals surface area contributed by atoms with E-state index in [0.717, 1.165) is 43.0 Å². The topological polar surface area (TPSA) is 61.4 Å². The van der Waals surface area contributed by atoms with Crippen LogP contribution >= 0.6 is 0 Å². The number of fused-ring (bicyclic) bond motifs is 1. The number of nitrogens with one attached hydrogen (secondary N) is 2. The first-order valence-corrected chi connectivity index (χ1v) is 7.49. The van der Waals surface area contributed by atoms with Crippen LogP contribution in [0.1, 0.15) is 19.4 Å². The van der Waals surface area contributed by atoms with Gasteiger partial charge in [-0.15, -0.1) is 0 Å². The largest absolute Gasteiger partial charge is 0.326 e. The van der Waals surface area contributed by atoms with Gasteiger partial charge in [-0.2, -0.15) is 0 Å². The second-order valence-electron chi connectivity index (χ2n) is 5.96. The highest BCUT2D eigenvalue weighted by Gasteiger charge is 2.29. The molecule has 0 saturated carbocycles. The van der Waals surface area contributed by atoms with Crippen molar-refractivity contribution in [2.24, 2.45) is 11.8 Å². The average Bonchev–Trinajstić information content (AvgIpc) is 2.79. The molecule has 1 fully saturated rings. The van der Waals surface area contributed by atoms with E-state index in [1.807, 2.05) is 25.1 Å². The second-order valence-corrected chi connectivity index (χ2v) is 5.96. The van der Waals surface area contributed by atoms with Gasteiger partial charge in [-0.25, -0.2) is 0 Å². The number of benzene rings is 1. The van der Waals surface area contributed by atoms with E-state index in [4.69, 9.17) is 0 Å². The number of hydrogen-bond acceptors (Lipinski definition) is 3. The summed E-state index contributed by atoms with van der Waals surface area (Å²) < 4.78 is 0. The lowest BCUT2D eigenvalue weighted by molar-refractivity contribution is -0.121. The van der Waals surface area contributed by atoms with E-state index in [1.54, 1.807) is 11.8 Å². The quantitative estimate of drug-likeness (QED) is 0.883. The van der Waals surface area contributed by atoms with Crippen molar-refractivity contribution in [1.82, 2.24) is 5.32 Å². The molecule has 0 radical (unpaired) electrons.